The monoisotopic (exact) mass is 1090 g/mol. The molecule has 4 amide bonds. The van der Waals surface area contributed by atoms with E-state index in [4.69, 9.17) is 10.2 Å². The standard InChI is InChI=1S/C12H12N2O3.C10H15NO.C7H8N4O2.2C7H6O3.Ca.ClH.HI.K/c1-2-12(8-6-4-3-5-7-8)9(15)13-11(17)14-10(12)16;1-8(11-2)10(12)9-6-4-3-5-7-9;1-10-5-4(8-3-9-5)6(12)11(2)7(10)13;2*8-6-4-2-1-3-5(6)7(9)10;;;;/h3-7H,2H2,1H3,(H2,13,14,15,16,17);3-8,10-12H,1-2H3;3H,1-2H3,(H,8,9);2*1-4,8H,(H,9,10);;2*1H;/q;;;;;+2;;;+1/p-3/t;8-,10-;;;;;;;/m.0......./s1. The Kier molecular flexibility index (Phi) is 30.2. The molecule has 342 valence electrons. The minimum absolute atomic E-state index is 0. The number of carboxylic acid groups (broad SMARTS) is 2. The number of H-pyrrole nitrogens is 1. The van der Waals surface area contributed by atoms with Gasteiger partial charge in [-0.05, 0) is 43.7 Å². The number of nitrogens with one attached hydrogen (secondary N) is 4. The van der Waals surface area contributed by atoms with Gasteiger partial charge in [-0.1, -0.05) is 115 Å². The first-order chi connectivity index (χ1) is 29.4. The summed E-state index contributed by atoms with van der Waals surface area (Å²) in [6.07, 6.45) is 1.27. The van der Waals surface area contributed by atoms with E-state index in [0.717, 1.165) is 10.1 Å². The summed E-state index contributed by atoms with van der Waals surface area (Å²) in [4.78, 5) is 84.8. The summed E-state index contributed by atoms with van der Waals surface area (Å²) < 4.78 is 2.37. The van der Waals surface area contributed by atoms with Gasteiger partial charge in [-0.3, -0.25) is 34.2 Å². The van der Waals surface area contributed by atoms with Crippen molar-refractivity contribution in [3.63, 3.8) is 0 Å². The van der Waals surface area contributed by atoms with Crippen LogP contribution in [0.2, 0.25) is 0 Å². The van der Waals surface area contributed by atoms with Gasteiger partial charge in [-0.2, -0.15) is 0 Å². The number of aromatic nitrogens is 4. The Bertz CT molecular complexity index is 2560. The molecule has 0 radical (unpaired) electrons. The summed E-state index contributed by atoms with van der Waals surface area (Å²) in [7, 11) is 4.85. The molecule has 66 heavy (non-hydrogen) atoms. The van der Waals surface area contributed by atoms with Crippen LogP contribution in [-0.4, -0.2) is 115 Å². The number of imide groups is 2. The first kappa shape index (κ1) is 64.1. The van der Waals surface area contributed by atoms with Gasteiger partial charge in [0.05, 0.1) is 23.6 Å². The zero-order chi connectivity index (χ0) is 46.1. The smallest absolute Gasteiger partial charge is 1.00 e. The Labute approximate surface area is 474 Å². The average Bonchev–Trinajstić information content (AvgIpc) is 3.77. The molecule has 2 aromatic heterocycles. The molecule has 0 bridgehead atoms. The number of likely N-dealkylation sites (N-methyl/N-ethyl adjacent to an activating group) is 1. The van der Waals surface area contributed by atoms with Crippen molar-refractivity contribution in [1.29, 1.82) is 0 Å². The van der Waals surface area contributed by atoms with Crippen LogP contribution in [-0.2, 0) is 29.1 Å². The van der Waals surface area contributed by atoms with E-state index in [2.05, 4.69) is 25.9 Å². The number of para-hydroxylation sites is 2. The van der Waals surface area contributed by atoms with Gasteiger partial charge >= 0.3 is 113 Å². The van der Waals surface area contributed by atoms with Gasteiger partial charge in [0.25, 0.3) is 5.56 Å². The molecule has 0 unspecified atom stereocenters. The van der Waals surface area contributed by atoms with Gasteiger partial charge in [0.2, 0.25) is 11.8 Å². The molecule has 0 spiro atoms. The minimum atomic E-state index is -1.31. The summed E-state index contributed by atoms with van der Waals surface area (Å²) in [6, 6.07) is 28.8. The van der Waals surface area contributed by atoms with E-state index in [1.807, 2.05) is 44.3 Å². The van der Waals surface area contributed by atoms with Crippen LogP contribution in [0.5, 0.6) is 11.5 Å². The van der Waals surface area contributed by atoms with E-state index in [0.29, 0.717) is 23.1 Å². The maximum absolute atomic E-state index is 12.0. The summed E-state index contributed by atoms with van der Waals surface area (Å²) in [5, 5.41) is 55.1. The minimum Gasteiger partial charge on any atom is -1.00 e. The molecular weight excluding hydrogens is 1050 g/mol. The van der Waals surface area contributed by atoms with E-state index in [1.54, 1.807) is 44.3 Å². The van der Waals surface area contributed by atoms with Gasteiger partial charge in [0, 0.05) is 20.1 Å². The Morgan fingerprint density at radius 2 is 1.18 bits per heavy atom. The van der Waals surface area contributed by atoms with Crippen molar-refractivity contribution < 1.29 is 125 Å². The third-order valence-corrected chi connectivity index (χ3v) is 9.36. The van der Waals surface area contributed by atoms with Gasteiger partial charge in [0.15, 0.2) is 11.1 Å². The number of urea groups is 1. The summed E-state index contributed by atoms with van der Waals surface area (Å²) in [5.41, 5.74) is -0.109. The van der Waals surface area contributed by atoms with Crippen molar-refractivity contribution in [2.75, 3.05) is 7.05 Å². The molecule has 0 saturated carbocycles. The fourth-order valence-corrected chi connectivity index (χ4v) is 5.72. The molecule has 23 heteroatoms. The molecule has 4 aromatic carbocycles. The molecule has 1 fully saturated rings. The zero-order valence-corrected chi connectivity index (χ0v) is 45.0. The molecule has 0 aliphatic carbocycles. The number of halogens is 2. The molecule has 1 aliphatic rings. The molecule has 6 aromatic rings. The van der Waals surface area contributed by atoms with Crippen LogP contribution in [0.15, 0.2) is 125 Å². The SMILES string of the molecule is CCC1(c2ccccc2)C(=O)NC(=O)NC1=O.CN[C@@H](C)[C@H](O)c1ccccc1.Cl.Cn1c(=O)c2[nH]cnc2n(C)c1=O.O=C(O)c1ccccc1[O-].O=C(O)c1ccccc1[O-].[Ca+2].[I-].[K+]. The van der Waals surface area contributed by atoms with Crippen molar-refractivity contribution >= 4 is 91.1 Å². The number of barbiturate groups is 1. The summed E-state index contributed by atoms with van der Waals surface area (Å²) in [5.74, 6) is -4.39. The number of aryl methyl sites for hydroxylation is 1. The zero-order valence-electron chi connectivity index (χ0n) is 36.7. The number of aliphatic hydroxyl groups is 1. The first-order valence-electron chi connectivity index (χ1n) is 18.6. The molecule has 7 N–H and O–H groups in total. The van der Waals surface area contributed by atoms with Crippen LogP contribution in [0, 0.1) is 0 Å². The van der Waals surface area contributed by atoms with E-state index in [1.165, 1.54) is 66.5 Å². The molecule has 1 aliphatic heterocycles. The number of aromatic carboxylic acids is 2. The predicted molar refractivity (Wildman–Crippen MR) is 235 cm³/mol. The Morgan fingerprint density at radius 1 is 0.758 bits per heavy atom. The third kappa shape index (κ3) is 17.0. The summed E-state index contributed by atoms with van der Waals surface area (Å²) in [6.45, 7) is 3.69. The maximum atomic E-state index is 12.0. The van der Waals surface area contributed by atoms with Crippen LogP contribution in [0.3, 0.4) is 0 Å². The van der Waals surface area contributed by atoms with Gasteiger partial charge in [-0.15, -0.1) is 12.4 Å². The largest absolute Gasteiger partial charge is 2.00 e. The molecule has 2 atom stereocenters. The first-order valence-corrected chi connectivity index (χ1v) is 18.6. The summed E-state index contributed by atoms with van der Waals surface area (Å²) >= 11 is 0. The van der Waals surface area contributed by atoms with E-state index < -0.39 is 52.8 Å². The Balaban J connectivity index is 0. The number of hydrogen-bond donors (Lipinski definition) is 7. The van der Waals surface area contributed by atoms with E-state index in [-0.39, 0.29) is 154 Å². The number of rotatable bonds is 7. The van der Waals surface area contributed by atoms with Crippen molar-refractivity contribution in [2.24, 2.45) is 14.1 Å². The fourth-order valence-electron chi connectivity index (χ4n) is 5.72. The third-order valence-electron chi connectivity index (χ3n) is 9.36. The van der Waals surface area contributed by atoms with Gasteiger partial charge in [0.1, 0.15) is 5.52 Å². The number of amides is 4. The number of aliphatic hydroxyl groups excluding tert-OH is 1. The molecular formula is C43H46CaClIKN7O12. The van der Waals surface area contributed by atoms with E-state index in [9.17, 15) is 48.9 Å². The van der Waals surface area contributed by atoms with Gasteiger partial charge in [-0.25, -0.2) is 24.2 Å². The number of carbonyl (C=O) groups is 5. The normalized spacial score (nSPS) is 12.5. The molecule has 1 saturated heterocycles. The van der Waals surface area contributed by atoms with Crippen LogP contribution in [0.25, 0.3) is 11.2 Å². The van der Waals surface area contributed by atoms with Crippen LogP contribution in [0.1, 0.15) is 58.2 Å². The number of benzene rings is 4. The number of carbonyl (C=O) groups excluding carboxylic acids is 3. The molecule has 7 rings (SSSR count). The topological polar surface area (TPSA) is 301 Å². The second-order valence-corrected chi connectivity index (χ2v) is 13.2. The molecule has 3 heterocycles. The van der Waals surface area contributed by atoms with Gasteiger partial charge < -0.3 is 59.8 Å². The maximum Gasteiger partial charge on any atom is 2.00 e. The number of aromatic amines is 1. The fraction of sp³-hybridized carbons (Fsp3) is 0.209. The number of imidazole rings is 1. The van der Waals surface area contributed by atoms with Crippen LogP contribution < -0.4 is 113 Å². The average molecular weight is 1090 g/mol. The van der Waals surface area contributed by atoms with Crippen molar-refractivity contribution in [3.05, 3.63) is 159 Å². The Hall–Kier alpha value is -3.98. The predicted octanol–water partition coefficient (Wildman–Crippen LogP) is -4.05. The number of fused-ring (bicyclic) bond motifs is 1. The number of hydrogen-bond acceptors (Lipinski definition) is 12. The van der Waals surface area contributed by atoms with Crippen LogP contribution >= 0.6 is 12.4 Å². The van der Waals surface area contributed by atoms with Crippen molar-refractivity contribution in [3.8, 4) is 11.5 Å². The van der Waals surface area contributed by atoms with E-state index >= 15 is 0 Å². The quantitative estimate of drug-likeness (QED) is 0.0455. The molecule has 19 nitrogen and oxygen atoms in total. The second-order valence-electron chi connectivity index (χ2n) is 13.2. The Morgan fingerprint density at radius 3 is 1.58 bits per heavy atom. The number of nitrogens with zero attached hydrogens (tertiary/aromatic N) is 3. The second kappa shape index (κ2) is 31.1. The number of carboxylic acids is 2. The van der Waals surface area contributed by atoms with Crippen molar-refractivity contribution in [1.82, 2.24) is 35.1 Å². The van der Waals surface area contributed by atoms with Crippen molar-refractivity contribution in [2.45, 2.75) is 37.8 Å². The van der Waals surface area contributed by atoms with Crippen LogP contribution in [0.4, 0.5) is 4.79 Å².